The topological polar surface area (TPSA) is 83.5 Å². The van der Waals surface area contributed by atoms with Gasteiger partial charge in [0.2, 0.25) is 5.13 Å². The van der Waals surface area contributed by atoms with Gasteiger partial charge in [-0.1, -0.05) is 60.0 Å². The van der Waals surface area contributed by atoms with Gasteiger partial charge in [0, 0.05) is 5.56 Å². The molecular weight excluding hydrogens is 369 g/mol. The van der Waals surface area contributed by atoms with Crippen molar-refractivity contribution in [2.45, 2.75) is 6.92 Å². The molecule has 27 heavy (non-hydrogen) atoms. The Bertz CT molecular complexity index is 1080. The number of thiazole rings is 1. The first-order chi connectivity index (χ1) is 12.7. The second-order valence-corrected chi connectivity index (χ2v) is 6.58. The van der Waals surface area contributed by atoms with E-state index in [4.69, 9.17) is 5.26 Å². The third kappa shape index (κ3) is 3.53. The maximum atomic E-state index is 13.0. The van der Waals surface area contributed by atoms with Crippen LogP contribution in [0.5, 0.6) is 0 Å². The van der Waals surface area contributed by atoms with Crippen LogP contribution < -0.4 is 34.6 Å². The fraction of sp³-hybridized carbons (Fsp3) is 0.0526. The van der Waals surface area contributed by atoms with Crippen molar-refractivity contribution in [1.82, 2.24) is 4.98 Å². The number of hydrogen-bond donors (Lipinski definition) is 0. The van der Waals surface area contributed by atoms with Crippen LogP contribution in [0.2, 0.25) is 0 Å². The minimum atomic E-state index is -0.334. The summed E-state index contributed by atoms with van der Waals surface area (Å²) in [5, 5.41) is 18.9. The predicted octanol–water partition coefficient (Wildman–Crippen LogP) is 1.18. The summed E-state index contributed by atoms with van der Waals surface area (Å²) < 4.78 is 0.975. The van der Waals surface area contributed by atoms with E-state index in [0.29, 0.717) is 22.1 Å². The first kappa shape index (κ1) is 19.3. The fourth-order valence-corrected chi connectivity index (χ4v) is 3.65. The molecule has 2 aromatic carbocycles. The maximum Gasteiger partial charge on any atom is 1.00 e. The number of amides is 1. The molecule has 0 bridgehead atoms. The Balaban J connectivity index is 0.00000210. The van der Waals surface area contributed by atoms with Crippen molar-refractivity contribution < 1.29 is 34.4 Å². The molecule has 2 heterocycles. The van der Waals surface area contributed by atoms with Gasteiger partial charge in [0.25, 0.3) is 5.91 Å². The first-order valence-corrected chi connectivity index (χ1v) is 8.66. The van der Waals surface area contributed by atoms with Gasteiger partial charge in [-0.3, -0.25) is 4.79 Å². The van der Waals surface area contributed by atoms with E-state index < -0.39 is 0 Å². The number of nitrogens with zero attached hydrogens (tertiary/aromatic N) is 5. The monoisotopic (exact) mass is 381 g/mol. The van der Waals surface area contributed by atoms with Gasteiger partial charge in [-0.05, 0) is 24.8 Å². The average molecular weight is 381 g/mol. The standard InChI is InChI=1S/C19H13N5OS.Na/c1-12(21-11-20)16-17(13-7-3-2-4-8-13)23-24(18(16)25)19-22-14-9-5-6-10-15(14)26-19;/h2-10H,1H3,(H,21,23,25);/q;+1/p-1. The number of aromatic nitrogens is 1. The number of fused-ring (bicyclic) bond motifs is 1. The smallest absolute Gasteiger partial charge is 0.494 e. The molecule has 3 aromatic rings. The normalized spacial score (nSPS) is 15.2. The number of carbonyl (C=O) groups is 1. The SMILES string of the molecule is C/C([N-]C#N)=C1/C(=O)N(c2nc3ccccc3s2)N=C1c1ccccc1.[Na+]. The number of carbonyl (C=O) groups excluding carboxylic acids is 1. The molecule has 126 valence electrons. The molecule has 0 unspecified atom stereocenters. The number of anilines is 1. The molecule has 4 rings (SSSR count). The Morgan fingerprint density at radius 3 is 2.56 bits per heavy atom. The third-order valence-corrected chi connectivity index (χ3v) is 4.95. The zero-order chi connectivity index (χ0) is 18.1. The molecule has 0 radical (unpaired) electrons. The molecule has 0 atom stereocenters. The summed E-state index contributed by atoms with van der Waals surface area (Å²) in [7, 11) is 0. The number of benzene rings is 2. The quantitative estimate of drug-likeness (QED) is 0.388. The van der Waals surface area contributed by atoms with Crippen LogP contribution in [0.4, 0.5) is 5.13 Å². The fourth-order valence-electron chi connectivity index (χ4n) is 2.74. The molecule has 1 aliphatic heterocycles. The van der Waals surface area contributed by atoms with Crippen LogP contribution in [-0.4, -0.2) is 16.6 Å². The molecule has 8 heteroatoms. The second kappa shape index (κ2) is 8.03. The zero-order valence-electron chi connectivity index (χ0n) is 14.7. The van der Waals surface area contributed by atoms with E-state index >= 15 is 0 Å². The van der Waals surface area contributed by atoms with Crippen molar-refractivity contribution >= 4 is 38.3 Å². The molecule has 1 aliphatic rings. The summed E-state index contributed by atoms with van der Waals surface area (Å²) in [5.74, 6) is -0.334. The van der Waals surface area contributed by atoms with Gasteiger partial charge in [-0.25, -0.2) is 4.98 Å². The van der Waals surface area contributed by atoms with Gasteiger partial charge in [0.05, 0.1) is 15.8 Å². The summed E-state index contributed by atoms with van der Waals surface area (Å²) >= 11 is 1.39. The summed E-state index contributed by atoms with van der Waals surface area (Å²) in [6, 6.07) is 17.0. The van der Waals surface area contributed by atoms with Crippen LogP contribution in [0, 0.1) is 11.5 Å². The Morgan fingerprint density at radius 2 is 1.85 bits per heavy atom. The molecule has 0 saturated carbocycles. The van der Waals surface area contributed by atoms with Crippen LogP contribution in [0.3, 0.4) is 0 Å². The molecule has 0 fully saturated rings. The van der Waals surface area contributed by atoms with E-state index in [1.165, 1.54) is 16.3 Å². The number of nitriles is 1. The van der Waals surface area contributed by atoms with Crippen molar-refractivity contribution in [3.05, 3.63) is 76.7 Å². The number of para-hydroxylation sites is 1. The molecule has 0 spiro atoms. The zero-order valence-corrected chi connectivity index (χ0v) is 17.6. The Morgan fingerprint density at radius 1 is 1.15 bits per heavy atom. The third-order valence-electron chi connectivity index (χ3n) is 3.93. The van der Waals surface area contributed by atoms with Crippen molar-refractivity contribution in [2.24, 2.45) is 5.10 Å². The van der Waals surface area contributed by atoms with Crippen LogP contribution in [-0.2, 0) is 4.79 Å². The minimum Gasteiger partial charge on any atom is -0.494 e. The van der Waals surface area contributed by atoms with Gasteiger partial charge >= 0.3 is 29.6 Å². The van der Waals surface area contributed by atoms with Gasteiger partial charge in [-0.15, -0.1) is 0 Å². The van der Waals surface area contributed by atoms with Crippen LogP contribution in [0.25, 0.3) is 15.5 Å². The van der Waals surface area contributed by atoms with Crippen molar-refractivity contribution in [2.75, 3.05) is 5.01 Å². The van der Waals surface area contributed by atoms with Crippen molar-refractivity contribution in [1.29, 1.82) is 5.26 Å². The van der Waals surface area contributed by atoms with Crippen LogP contribution >= 0.6 is 11.3 Å². The molecular formula is C19H12N5NaOS. The number of hydrazone groups is 1. The molecule has 0 aliphatic carbocycles. The van der Waals surface area contributed by atoms with E-state index in [2.05, 4.69) is 15.4 Å². The van der Waals surface area contributed by atoms with E-state index in [1.807, 2.05) is 54.6 Å². The number of allylic oxidation sites excluding steroid dienone is 1. The largest absolute Gasteiger partial charge is 1.00 e. The summed E-state index contributed by atoms with van der Waals surface area (Å²) in [6.07, 6.45) is 1.74. The Labute approximate surface area is 182 Å². The van der Waals surface area contributed by atoms with Gasteiger partial charge < -0.3 is 10.6 Å². The molecule has 6 nitrogen and oxygen atoms in total. The van der Waals surface area contributed by atoms with Crippen molar-refractivity contribution in [3.8, 4) is 6.19 Å². The van der Waals surface area contributed by atoms with Crippen molar-refractivity contribution in [3.63, 3.8) is 0 Å². The number of hydrogen-bond acceptors (Lipinski definition) is 5. The van der Waals surface area contributed by atoms with Crippen LogP contribution in [0.15, 0.2) is 71.0 Å². The Kier molecular flexibility index (Phi) is 5.73. The summed E-state index contributed by atoms with van der Waals surface area (Å²) in [4.78, 5) is 17.5. The van der Waals surface area contributed by atoms with E-state index in [-0.39, 0.29) is 35.5 Å². The molecule has 0 saturated heterocycles. The van der Waals surface area contributed by atoms with E-state index in [1.54, 1.807) is 13.1 Å². The molecule has 1 amide bonds. The molecule has 0 N–H and O–H groups in total. The maximum absolute atomic E-state index is 13.0. The summed E-state index contributed by atoms with van der Waals surface area (Å²) in [6.45, 7) is 1.64. The second-order valence-electron chi connectivity index (χ2n) is 5.57. The minimum absolute atomic E-state index is 0. The van der Waals surface area contributed by atoms with Gasteiger partial charge in [0.1, 0.15) is 5.71 Å². The van der Waals surface area contributed by atoms with E-state index in [9.17, 15) is 4.79 Å². The van der Waals surface area contributed by atoms with Gasteiger partial charge in [-0.2, -0.15) is 10.1 Å². The van der Waals surface area contributed by atoms with Gasteiger partial charge in [0.15, 0.2) is 0 Å². The average Bonchev–Trinajstić information content (AvgIpc) is 3.23. The van der Waals surface area contributed by atoms with E-state index in [0.717, 1.165) is 15.8 Å². The van der Waals surface area contributed by atoms with Crippen LogP contribution in [0.1, 0.15) is 12.5 Å². The Hall–Kier alpha value is -2.50. The molecule has 1 aromatic heterocycles. The summed E-state index contributed by atoms with van der Waals surface area (Å²) in [5.41, 5.74) is 2.74. The first-order valence-electron chi connectivity index (χ1n) is 7.84. The predicted molar refractivity (Wildman–Crippen MR) is 102 cm³/mol. The number of rotatable bonds is 3.